The number of methoxy groups -OCH3 is 1. The summed E-state index contributed by atoms with van der Waals surface area (Å²) in [6.07, 6.45) is 0. The van der Waals surface area contributed by atoms with Crippen LogP contribution in [0.5, 0.6) is 5.75 Å². The van der Waals surface area contributed by atoms with E-state index in [-0.39, 0.29) is 18.2 Å². The van der Waals surface area contributed by atoms with Crippen LogP contribution in [0.4, 0.5) is 0 Å². The van der Waals surface area contributed by atoms with Crippen LogP contribution in [0.25, 0.3) is 0 Å². The number of carbonyl (C=O) groups is 2. The van der Waals surface area contributed by atoms with Crippen LogP contribution in [0.15, 0.2) is 40.8 Å². The van der Waals surface area contributed by atoms with Crippen molar-refractivity contribution >= 4 is 11.8 Å². The summed E-state index contributed by atoms with van der Waals surface area (Å²) in [6, 6.07) is 10.0. The number of carbonyl (C=O) groups excluding carboxylic acids is 2. The van der Waals surface area contributed by atoms with Crippen LogP contribution in [0.2, 0.25) is 0 Å². The van der Waals surface area contributed by atoms with Crippen LogP contribution in [-0.4, -0.2) is 18.9 Å². The number of ether oxygens (including phenoxy) is 2. The second-order valence-corrected chi connectivity index (χ2v) is 4.13. The average molecular weight is 274 g/mol. The zero-order chi connectivity index (χ0) is 14.5. The van der Waals surface area contributed by atoms with Gasteiger partial charge in [-0.1, -0.05) is 12.1 Å². The van der Waals surface area contributed by atoms with Crippen molar-refractivity contribution < 1.29 is 23.5 Å². The maximum absolute atomic E-state index is 11.3. The molecule has 1 heterocycles. The fraction of sp³-hybridized carbons (Fsp3) is 0.200. The van der Waals surface area contributed by atoms with E-state index in [0.29, 0.717) is 17.1 Å². The third-order valence-corrected chi connectivity index (χ3v) is 2.67. The van der Waals surface area contributed by atoms with Crippen molar-refractivity contribution in [1.29, 1.82) is 0 Å². The zero-order valence-corrected chi connectivity index (χ0v) is 11.2. The van der Waals surface area contributed by atoms with E-state index in [1.807, 2.05) is 0 Å². The zero-order valence-electron chi connectivity index (χ0n) is 11.2. The van der Waals surface area contributed by atoms with Crippen molar-refractivity contribution in [2.75, 3.05) is 7.11 Å². The van der Waals surface area contributed by atoms with Crippen molar-refractivity contribution in [2.24, 2.45) is 0 Å². The Hall–Kier alpha value is -2.56. The lowest BCUT2D eigenvalue weighted by Crippen LogP contribution is -1.99. The molecule has 0 radical (unpaired) electrons. The fourth-order valence-electron chi connectivity index (χ4n) is 1.63. The molecule has 0 amide bonds. The van der Waals surface area contributed by atoms with E-state index in [0.717, 1.165) is 0 Å². The molecule has 0 N–H and O–H groups in total. The van der Waals surface area contributed by atoms with Crippen LogP contribution in [-0.2, 0) is 11.3 Å². The molecular formula is C15H14O5. The molecule has 0 saturated carbocycles. The lowest BCUT2D eigenvalue weighted by Gasteiger charge is -2.05. The van der Waals surface area contributed by atoms with E-state index in [1.54, 1.807) is 30.3 Å². The quantitative estimate of drug-likeness (QED) is 0.619. The number of furan rings is 1. The number of hydrogen-bond donors (Lipinski definition) is 0. The molecule has 0 unspecified atom stereocenters. The Morgan fingerprint density at radius 2 is 2.00 bits per heavy atom. The predicted molar refractivity (Wildman–Crippen MR) is 70.8 cm³/mol. The van der Waals surface area contributed by atoms with Crippen molar-refractivity contribution in [3.63, 3.8) is 0 Å². The minimum Gasteiger partial charge on any atom is -0.486 e. The highest BCUT2D eigenvalue weighted by atomic mass is 16.5. The number of Topliss-reactive ketones (excluding diaryl/α,β-unsaturated/α-hetero) is 1. The van der Waals surface area contributed by atoms with Crippen molar-refractivity contribution in [2.45, 2.75) is 13.5 Å². The number of benzene rings is 1. The second-order valence-electron chi connectivity index (χ2n) is 4.13. The fourth-order valence-corrected chi connectivity index (χ4v) is 1.63. The molecule has 20 heavy (non-hydrogen) atoms. The molecule has 0 spiro atoms. The normalized spacial score (nSPS) is 10.1. The number of rotatable bonds is 5. The Morgan fingerprint density at radius 1 is 1.20 bits per heavy atom. The highest BCUT2D eigenvalue weighted by Crippen LogP contribution is 2.17. The largest absolute Gasteiger partial charge is 0.486 e. The molecule has 0 aliphatic carbocycles. The molecule has 0 saturated heterocycles. The maximum Gasteiger partial charge on any atom is 0.373 e. The number of hydrogen-bond acceptors (Lipinski definition) is 5. The average Bonchev–Trinajstić information content (AvgIpc) is 2.93. The van der Waals surface area contributed by atoms with Crippen molar-refractivity contribution in [1.82, 2.24) is 0 Å². The molecule has 2 aromatic rings. The summed E-state index contributed by atoms with van der Waals surface area (Å²) in [6.45, 7) is 1.66. The first-order valence-electron chi connectivity index (χ1n) is 6.01. The van der Waals surface area contributed by atoms with Gasteiger partial charge in [0.05, 0.1) is 7.11 Å². The van der Waals surface area contributed by atoms with Gasteiger partial charge in [0.25, 0.3) is 0 Å². The molecule has 1 aromatic heterocycles. The van der Waals surface area contributed by atoms with E-state index in [4.69, 9.17) is 9.15 Å². The minimum absolute atomic E-state index is 0.0265. The topological polar surface area (TPSA) is 65.7 Å². The smallest absolute Gasteiger partial charge is 0.373 e. The summed E-state index contributed by atoms with van der Waals surface area (Å²) in [4.78, 5) is 22.5. The van der Waals surface area contributed by atoms with E-state index >= 15 is 0 Å². The van der Waals surface area contributed by atoms with Crippen LogP contribution in [0.1, 0.15) is 33.6 Å². The van der Waals surface area contributed by atoms with E-state index in [2.05, 4.69) is 4.74 Å². The molecular weight excluding hydrogens is 260 g/mol. The van der Waals surface area contributed by atoms with Gasteiger partial charge in [0.2, 0.25) is 5.76 Å². The molecule has 0 aliphatic heterocycles. The van der Waals surface area contributed by atoms with Crippen LogP contribution in [0.3, 0.4) is 0 Å². The Balaban J connectivity index is 2.01. The van der Waals surface area contributed by atoms with Gasteiger partial charge in [-0.2, -0.15) is 0 Å². The van der Waals surface area contributed by atoms with E-state index in [1.165, 1.54) is 20.1 Å². The minimum atomic E-state index is -0.533. The Bertz CT molecular complexity index is 627. The first kappa shape index (κ1) is 13.9. The summed E-state index contributed by atoms with van der Waals surface area (Å²) in [5, 5.41) is 0. The first-order chi connectivity index (χ1) is 9.60. The van der Waals surface area contributed by atoms with Crippen molar-refractivity contribution in [3.05, 3.63) is 53.5 Å². The van der Waals surface area contributed by atoms with E-state index < -0.39 is 5.97 Å². The van der Waals surface area contributed by atoms with Gasteiger partial charge in [0.1, 0.15) is 18.1 Å². The monoisotopic (exact) mass is 274 g/mol. The van der Waals surface area contributed by atoms with E-state index in [9.17, 15) is 9.59 Å². The lowest BCUT2D eigenvalue weighted by molar-refractivity contribution is 0.0560. The summed E-state index contributed by atoms with van der Waals surface area (Å²) >= 11 is 0. The molecule has 5 heteroatoms. The molecule has 5 nitrogen and oxygen atoms in total. The predicted octanol–water partition coefficient (Wildman–Crippen LogP) is 2.85. The van der Waals surface area contributed by atoms with Gasteiger partial charge in [-0.05, 0) is 31.2 Å². The molecule has 2 rings (SSSR count). The van der Waals surface area contributed by atoms with Crippen LogP contribution in [0, 0.1) is 0 Å². The highest BCUT2D eigenvalue weighted by Gasteiger charge is 2.11. The molecule has 0 bridgehead atoms. The molecule has 0 fully saturated rings. The Morgan fingerprint density at radius 3 is 2.70 bits per heavy atom. The van der Waals surface area contributed by atoms with Gasteiger partial charge in [-0.25, -0.2) is 4.79 Å². The maximum atomic E-state index is 11.3. The van der Waals surface area contributed by atoms with Gasteiger partial charge in [0.15, 0.2) is 5.78 Å². The third kappa shape index (κ3) is 3.26. The SMILES string of the molecule is COC(=O)c1ccc(COc2cccc(C(C)=O)c2)o1. The first-order valence-corrected chi connectivity index (χ1v) is 6.01. The van der Waals surface area contributed by atoms with Crippen LogP contribution < -0.4 is 4.74 Å². The summed E-state index contributed by atoms with van der Waals surface area (Å²) < 4.78 is 15.3. The lowest BCUT2D eigenvalue weighted by atomic mass is 10.1. The standard InChI is InChI=1S/C15H14O5/c1-10(16)11-4-3-5-12(8-11)19-9-13-6-7-14(20-13)15(17)18-2/h3-8H,9H2,1-2H3. The Labute approximate surface area is 116 Å². The van der Waals surface area contributed by atoms with Gasteiger partial charge >= 0.3 is 5.97 Å². The summed E-state index contributed by atoms with van der Waals surface area (Å²) in [7, 11) is 1.29. The molecule has 104 valence electrons. The van der Waals surface area contributed by atoms with Gasteiger partial charge < -0.3 is 13.9 Å². The second kappa shape index (κ2) is 6.06. The number of esters is 1. The molecule has 0 aliphatic rings. The highest BCUT2D eigenvalue weighted by molar-refractivity contribution is 5.94. The van der Waals surface area contributed by atoms with Crippen LogP contribution >= 0.6 is 0 Å². The van der Waals surface area contributed by atoms with Crippen molar-refractivity contribution in [3.8, 4) is 5.75 Å². The summed E-state index contributed by atoms with van der Waals surface area (Å²) in [5.41, 5.74) is 0.581. The van der Waals surface area contributed by atoms with Gasteiger partial charge in [-0.3, -0.25) is 4.79 Å². The Kier molecular flexibility index (Phi) is 4.20. The third-order valence-electron chi connectivity index (χ3n) is 2.67. The van der Waals surface area contributed by atoms with Gasteiger partial charge in [0, 0.05) is 5.56 Å². The molecule has 0 atom stereocenters. The number of ketones is 1. The summed E-state index contributed by atoms with van der Waals surface area (Å²) in [5.74, 6) is 0.632. The molecule has 1 aromatic carbocycles. The van der Waals surface area contributed by atoms with Gasteiger partial charge in [-0.15, -0.1) is 0 Å².